The van der Waals surface area contributed by atoms with E-state index in [4.69, 9.17) is 14.2 Å². The molecule has 0 aliphatic carbocycles. The summed E-state index contributed by atoms with van der Waals surface area (Å²) in [5.74, 6) is 2.48. The van der Waals surface area contributed by atoms with Crippen LogP contribution in [0.5, 0.6) is 17.2 Å². The first-order chi connectivity index (χ1) is 13.7. The molecule has 1 aliphatic heterocycles. The Labute approximate surface area is 170 Å². The monoisotopic (exact) mass is 395 g/mol. The molecule has 2 heterocycles. The molecule has 28 heavy (non-hydrogen) atoms. The van der Waals surface area contributed by atoms with Gasteiger partial charge in [0.05, 0.1) is 27.4 Å². The van der Waals surface area contributed by atoms with E-state index in [2.05, 4.69) is 52.7 Å². The Bertz CT molecular complexity index is 939. The molecule has 0 spiro atoms. The first kappa shape index (κ1) is 18.8. The maximum atomic E-state index is 5.60. The molecule has 1 atom stereocenters. The number of fused-ring (bicyclic) bond motifs is 1. The van der Waals surface area contributed by atoms with E-state index in [1.54, 1.807) is 32.7 Å². The number of hydrogen-bond acceptors (Lipinski definition) is 5. The van der Waals surface area contributed by atoms with Gasteiger partial charge in [-0.1, -0.05) is 18.2 Å². The lowest BCUT2D eigenvalue weighted by atomic mass is 9.90. The van der Waals surface area contributed by atoms with Crippen molar-refractivity contribution in [1.29, 1.82) is 0 Å². The van der Waals surface area contributed by atoms with Gasteiger partial charge in [0.1, 0.15) is 5.75 Å². The lowest BCUT2D eigenvalue weighted by Gasteiger charge is -2.37. The minimum absolute atomic E-state index is 0.203. The van der Waals surface area contributed by atoms with Crippen LogP contribution in [0.2, 0.25) is 0 Å². The molecule has 3 aromatic rings. The van der Waals surface area contributed by atoms with Gasteiger partial charge in [0.2, 0.25) is 0 Å². The second-order valence-electron chi connectivity index (χ2n) is 6.90. The third kappa shape index (κ3) is 3.60. The van der Waals surface area contributed by atoms with E-state index in [0.717, 1.165) is 36.8 Å². The Hall–Kier alpha value is -2.50. The standard InChI is InChI=1S/C23H25NO3S/c1-25-18-7-4-6-16(12-18)15-24-10-9-17-13-20(26-2)21(27-3)14-19(17)23(24)22-8-5-11-28-22/h4-8,11-14,23H,9-10,15H2,1-3H3. The van der Waals surface area contributed by atoms with Crippen LogP contribution in [0.1, 0.15) is 27.6 Å². The van der Waals surface area contributed by atoms with Crippen molar-refractivity contribution in [3.05, 3.63) is 75.5 Å². The van der Waals surface area contributed by atoms with Gasteiger partial charge in [0, 0.05) is 18.0 Å². The van der Waals surface area contributed by atoms with Crippen molar-refractivity contribution in [3.8, 4) is 17.2 Å². The van der Waals surface area contributed by atoms with Gasteiger partial charge in [-0.3, -0.25) is 4.90 Å². The summed E-state index contributed by atoms with van der Waals surface area (Å²) in [6.45, 7) is 1.86. The van der Waals surface area contributed by atoms with Crippen LogP contribution in [0.4, 0.5) is 0 Å². The van der Waals surface area contributed by atoms with Crippen molar-refractivity contribution in [3.63, 3.8) is 0 Å². The van der Waals surface area contributed by atoms with Crippen LogP contribution in [-0.2, 0) is 13.0 Å². The Balaban J connectivity index is 1.74. The minimum atomic E-state index is 0.203. The molecule has 0 bridgehead atoms. The van der Waals surface area contributed by atoms with Gasteiger partial charge in [-0.2, -0.15) is 0 Å². The Kier molecular flexibility index (Phi) is 5.55. The molecule has 5 heteroatoms. The summed E-state index contributed by atoms with van der Waals surface area (Å²) < 4.78 is 16.5. The molecule has 0 amide bonds. The van der Waals surface area contributed by atoms with Gasteiger partial charge >= 0.3 is 0 Å². The van der Waals surface area contributed by atoms with E-state index in [1.807, 2.05) is 6.07 Å². The average Bonchev–Trinajstić information content (AvgIpc) is 3.27. The fourth-order valence-electron chi connectivity index (χ4n) is 3.95. The Morgan fingerprint density at radius 1 is 0.964 bits per heavy atom. The largest absolute Gasteiger partial charge is 0.497 e. The molecule has 2 aromatic carbocycles. The first-order valence-corrected chi connectivity index (χ1v) is 10.3. The van der Waals surface area contributed by atoms with Crippen LogP contribution in [0, 0.1) is 0 Å². The predicted octanol–water partition coefficient (Wildman–Crippen LogP) is 4.92. The molecule has 1 aromatic heterocycles. The second kappa shape index (κ2) is 8.25. The zero-order chi connectivity index (χ0) is 19.5. The number of rotatable bonds is 6. The van der Waals surface area contributed by atoms with Gasteiger partial charge in [-0.25, -0.2) is 0 Å². The zero-order valence-electron chi connectivity index (χ0n) is 16.5. The predicted molar refractivity (Wildman–Crippen MR) is 113 cm³/mol. The summed E-state index contributed by atoms with van der Waals surface area (Å²) in [5, 5.41) is 2.15. The van der Waals surface area contributed by atoms with E-state index in [9.17, 15) is 0 Å². The maximum absolute atomic E-state index is 5.60. The molecular formula is C23H25NO3S. The highest BCUT2D eigenvalue weighted by atomic mass is 32.1. The summed E-state index contributed by atoms with van der Waals surface area (Å²) in [7, 11) is 5.10. The summed E-state index contributed by atoms with van der Waals surface area (Å²) in [5.41, 5.74) is 3.89. The highest BCUT2D eigenvalue weighted by molar-refractivity contribution is 7.10. The maximum Gasteiger partial charge on any atom is 0.161 e. The number of nitrogens with zero attached hydrogens (tertiary/aromatic N) is 1. The second-order valence-corrected chi connectivity index (χ2v) is 7.88. The van der Waals surface area contributed by atoms with Crippen molar-refractivity contribution >= 4 is 11.3 Å². The van der Waals surface area contributed by atoms with Gasteiger partial charge in [0.15, 0.2) is 11.5 Å². The minimum Gasteiger partial charge on any atom is -0.497 e. The lowest BCUT2D eigenvalue weighted by Crippen LogP contribution is -2.35. The molecule has 0 radical (unpaired) electrons. The van der Waals surface area contributed by atoms with Crippen molar-refractivity contribution in [2.75, 3.05) is 27.9 Å². The smallest absolute Gasteiger partial charge is 0.161 e. The summed E-state index contributed by atoms with van der Waals surface area (Å²) in [6, 6.07) is 17.2. The van der Waals surface area contributed by atoms with Crippen molar-refractivity contribution < 1.29 is 14.2 Å². The van der Waals surface area contributed by atoms with E-state index in [1.165, 1.54) is 21.6 Å². The normalized spacial score (nSPS) is 16.5. The van der Waals surface area contributed by atoms with E-state index in [0.29, 0.717) is 0 Å². The topological polar surface area (TPSA) is 30.9 Å². The van der Waals surface area contributed by atoms with Crippen LogP contribution in [0.15, 0.2) is 53.9 Å². The highest BCUT2D eigenvalue weighted by Crippen LogP contribution is 2.42. The quantitative estimate of drug-likeness (QED) is 0.593. The fourth-order valence-corrected chi connectivity index (χ4v) is 4.83. The van der Waals surface area contributed by atoms with Gasteiger partial charge in [-0.05, 0) is 58.8 Å². The van der Waals surface area contributed by atoms with E-state index >= 15 is 0 Å². The van der Waals surface area contributed by atoms with E-state index in [-0.39, 0.29) is 6.04 Å². The summed E-state index contributed by atoms with van der Waals surface area (Å²) in [6.07, 6.45) is 0.988. The number of ether oxygens (including phenoxy) is 3. The third-order valence-corrected chi connectivity index (χ3v) is 6.23. The molecule has 1 aliphatic rings. The van der Waals surface area contributed by atoms with E-state index < -0.39 is 0 Å². The SMILES string of the molecule is COc1cccc(CN2CCc3cc(OC)c(OC)cc3C2c2cccs2)c1. The lowest BCUT2D eigenvalue weighted by molar-refractivity contribution is 0.206. The molecule has 0 saturated heterocycles. The summed E-state index contributed by atoms with van der Waals surface area (Å²) in [4.78, 5) is 3.88. The molecule has 4 rings (SSSR count). The third-order valence-electron chi connectivity index (χ3n) is 5.31. The fraction of sp³-hybridized carbons (Fsp3) is 0.304. The highest BCUT2D eigenvalue weighted by Gasteiger charge is 2.31. The van der Waals surface area contributed by atoms with Crippen molar-refractivity contribution in [2.24, 2.45) is 0 Å². The number of hydrogen-bond donors (Lipinski definition) is 0. The van der Waals surface area contributed by atoms with Crippen molar-refractivity contribution in [2.45, 2.75) is 19.0 Å². The molecule has 0 fully saturated rings. The zero-order valence-corrected chi connectivity index (χ0v) is 17.3. The van der Waals surface area contributed by atoms with Crippen molar-refractivity contribution in [1.82, 2.24) is 4.90 Å². The molecule has 0 saturated carbocycles. The molecule has 0 N–H and O–H groups in total. The molecular weight excluding hydrogens is 370 g/mol. The average molecular weight is 396 g/mol. The Morgan fingerprint density at radius 2 is 1.79 bits per heavy atom. The van der Waals surface area contributed by atoms with Crippen LogP contribution in [0.3, 0.4) is 0 Å². The Morgan fingerprint density at radius 3 is 2.50 bits per heavy atom. The molecule has 1 unspecified atom stereocenters. The molecule has 146 valence electrons. The van der Waals surface area contributed by atoms with Crippen LogP contribution >= 0.6 is 11.3 Å². The van der Waals surface area contributed by atoms with Gasteiger partial charge < -0.3 is 14.2 Å². The van der Waals surface area contributed by atoms with Gasteiger partial charge in [0.25, 0.3) is 0 Å². The van der Waals surface area contributed by atoms with Crippen LogP contribution < -0.4 is 14.2 Å². The number of methoxy groups -OCH3 is 3. The number of benzene rings is 2. The molecule has 4 nitrogen and oxygen atoms in total. The number of thiophene rings is 1. The van der Waals surface area contributed by atoms with Crippen LogP contribution in [-0.4, -0.2) is 32.8 Å². The van der Waals surface area contributed by atoms with Crippen LogP contribution in [0.25, 0.3) is 0 Å². The summed E-state index contributed by atoms with van der Waals surface area (Å²) >= 11 is 1.80. The van der Waals surface area contributed by atoms with Gasteiger partial charge in [-0.15, -0.1) is 11.3 Å². The first-order valence-electron chi connectivity index (χ1n) is 9.38.